The number of benzene rings is 4. The van der Waals surface area contributed by atoms with Crippen LogP contribution >= 0.6 is 0 Å². The maximum absolute atomic E-state index is 2.35. The summed E-state index contributed by atoms with van der Waals surface area (Å²) >= 11 is 1.46. The van der Waals surface area contributed by atoms with E-state index in [1.165, 1.54) is 76.8 Å². The molecule has 0 bridgehead atoms. The summed E-state index contributed by atoms with van der Waals surface area (Å²) in [5.74, 6) is 0. The normalized spacial score (nSPS) is 11.4. The van der Waals surface area contributed by atoms with Gasteiger partial charge in [0.2, 0.25) is 0 Å². The average Bonchev–Trinajstić information content (AvgIpc) is 3.66. The number of hydrogen-bond acceptors (Lipinski definition) is 0. The Kier molecular flexibility index (Phi) is 14.2. The third-order valence-electron chi connectivity index (χ3n) is 8.09. The zero-order valence-electron chi connectivity index (χ0n) is 28.9. The van der Waals surface area contributed by atoms with E-state index in [-0.39, 0.29) is 35.6 Å². The van der Waals surface area contributed by atoms with Gasteiger partial charge in [-0.3, -0.25) is 0 Å². The molecular weight excluding hydrogens is 679 g/mol. The average molecular weight is 727 g/mol. The molecule has 0 aliphatic heterocycles. The van der Waals surface area contributed by atoms with E-state index in [1.54, 1.807) is 0 Å². The number of fused-ring (bicyclic) bond motifs is 3. The zero-order valence-corrected chi connectivity index (χ0v) is 32.9. The summed E-state index contributed by atoms with van der Waals surface area (Å²) in [6.07, 6.45) is 0. The minimum absolute atomic E-state index is 0. The molecule has 0 fully saturated rings. The van der Waals surface area contributed by atoms with Crippen molar-refractivity contribution in [2.75, 3.05) is 0 Å². The molecule has 46 heavy (non-hydrogen) atoms. The minimum atomic E-state index is 0. The van der Waals surface area contributed by atoms with E-state index in [9.17, 15) is 0 Å². The van der Waals surface area contributed by atoms with E-state index >= 15 is 0 Å². The van der Waals surface area contributed by atoms with Crippen LogP contribution in [0.1, 0.15) is 90.1 Å². The van der Waals surface area contributed by atoms with Gasteiger partial charge in [0.15, 0.2) is 0 Å². The molecule has 0 unspecified atom stereocenters. The summed E-state index contributed by atoms with van der Waals surface area (Å²) in [4.78, 5) is 0. The molecule has 0 heterocycles. The summed E-state index contributed by atoms with van der Waals surface area (Å²) < 4.78 is 1.42. The fraction of sp³-hybridized carbons (Fsp3) is 0.279. The van der Waals surface area contributed by atoms with Crippen LogP contribution in [0, 0.1) is 0 Å². The van der Waals surface area contributed by atoms with Gasteiger partial charge in [-0.2, -0.15) is 23.8 Å². The second-order valence-electron chi connectivity index (χ2n) is 14.8. The van der Waals surface area contributed by atoms with Crippen molar-refractivity contribution < 1.29 is 49.0 Å². The van der Waals surface area contributed by atoms with Crippen LogP contribution in [0.15, 0.2) is 127 Å². The SMILES string of the molecule is CC(C)(C)c1cc[cH-]c1.CC(C)(C)c1ccc2c(c1)[cH-]c1cc(C(C)(C)C)ccc12.[Cl-].[Cl-].[Zr+2]=[C](c1ccccc1)c1ccccc1. The Hall–Kier alpha value is -2.57. The van der Waals surface area contributed by atoms with Gasteiger partial charge in [-0.1, -0.05) is 103 Å². The van der Waals surface area contributed by atoms with Crippen LogP contribution in [0.4, 0.5) is 0 Å². The van der Waals surface area contributed by atoms with Crippen LogP contribution in [0.25, 0.3) is 21.5 Å². The Morgan fingerprint density at radius 2 is 0.891 bits per heavy atom. The number of rotatable bonds is 2. The second kappa shape index (κ2) is 16.5. The molecule has 3 heteroatoms. The first-order valence-electron chi connectivity index (χ1n) is 15.7. The fourth-order valence-electron chi connectivity index (χ4n) is 5.21. The van der Waals surface area contributed by atoms with Crippen LogP contribution in [0.3, 0.4) is 0 Å². The molecule has 6 aromatic rings. The summed E-state index contributed by atoms with van der Waals surface area (Å²) in [5, 5.41) is 5.48. The third-order valence-corrected chi connectivity index (χ3v) is 9.51. The van der Waals surface area contributed by atoms with Crippen molar-refractivity contribution in [3.05, 3.63) is 155 Å². The van der Waals surface area contributed by atoms with Crippen molar-refractivity contribution in [2.24, 2.45) is 0 Å². The van der Waals surface area contributed by atoms with Gasteiger partial charge in [0.05, 0.1) is 0 Å². The molecule has 0 aliphatic carbocycles. The quantitative estimate of drug-likeness (QED) is 0.198. The van der Waals surface area contributed by atoms with Crippen LogP contribution in [-0.2, 0) is 40.5 Å². The molecule has 0 N–H and O–H groups in total. The summed E-state index contributed by atoms with van der Waals surface area (Å²) in [7, 11) is 0. The van der Waals surface area contributed by atoms with E-state index in [1.807, 2.05) is 0 Å². The number of hydrogen-bond donors (Lipinski definition) is 0. The Morgan fingerprint density at radius 3 is 1.20 bits per heavy atom. The Morgan fingerprint density at radius 1 is 0.500 bits per heavy atom. The standard InChI is InChI=1S/C21H25.C13H10.C9H13.2ClH.Zr/c1-20(2,3)16-7-9-18-14(12-16)11-15-13-17(21(4,5)6)8-10-19(15)18;1-3-7-12(8-4-1)11-13-9-5-2-6-10-13;1-9(2,3)8-6-4-5-7-8;;;/h7-13H,1-6H3;1-10H;4-7H,1-3H3;2*1H;/q-1;;-1;;;+2/p-2. The first-order valence-corrected chi connectivity index (χ1v) is 16.9. The monoisotopic (exact) mass is 724 g/mol. The van der Waals surface area contributed by atoms with Crippen LogP contribution < -0.4 is 24.8 Å². The van der Waals surface area contributed by atoms with E-state index in [0.717, 1.165) is 0 Å². The second-order valence-corrected chi connectivity index (χ2v) is 16.0. The van der Waals surface area contributed by atoms with Gasteiger partial charge in [-0.15, -0.1) is 39.7 Å². The summed E-state index contributed by atoms with van der Waals surface area (Å²) in [6.45, 7) is 20.3. The Bertz CT molecular complexity index is 1680. The molecule has 0 amide bonds. The topological polar surface area (TPSA) is 0 Å². The van der Waals surface area contributed by atoms with Crippen LogP contribution in [0.2, 0.25) is 0 Å². The zero-order chi connectivity index (χ0) is 32.1. The predicted molar refractivity (Wildman–Crippen MR) is 191 cm³/mol. The molecule has 0 saturated carbocycles. The van der Waals surface area contributed by atoms with Gasteiger partial charge in [0, 0.05) is 0 Å². The third kappa shape index (κ3) is 10.5. The number of halogens is 2. The van der Waals surface area contributed by atoms with E-state index in [4.69, 9.17) is 0 Å². The molecule has 6 rings (SSSR count). The molecule has 0 nitrogen and oxygen atoms in total. The van der Waals surface area contributed by atoms with E-state index in [2.05, 4.69) is 190 Å². The molecule has 0 aromatic heterocycles. The Balaban J connectivity index is 0.000000256. The Labute approximate surface area is 305 Å². The van der Waals surface area contributed by atoms with Gasteiger partial charge in [0.1, 0.15) is 0 Å². The molecule has 240 valence electrons. The van der Waals surface area contributed by atoms with Crippen molar-refractivity contribution in [1.29, 1.82) is 0 Å². The molecular formula is C43H48Cl2Zr-2. The van der Waals surface area contributed by atoms with Gasteiger partial charge >= 0.3 is 99.2 Å². The maximum atomic E-state index is 2.35. The van der Waals surface area contributed by atoms with E-state index in [0.29, 0.717) is 5.41 Å². The molecule has 0 spiro atoms. The van der Waals surface area contributed by atoms with Crippen molar-refractivity contribution in [1.82, 2.24) is 0 Å². The van der Waals surface area contributed by atoms with Crippen molar-refractivity contribution in [2.45, 2.75) is 78.6 Å². The molecule has 0 saturated heterocycles. The first kappa shape index (κ1) is 39.6. The van der Waals surface area contributed by atoms with Crippen LogP contribution in [-0.4, -0.2) is 3.21 Å². The first-order chi connectivity index (χ1) is 20.6. The van der Waals surface area contributed by atoms with Crippen LogP contribution in [0.5, 0.6) is 0 Å². The predicted octanol–water partition coefficient (Wildman–Crippen LogP) is 5.82. The van der Waals surface area contributed by atoms with Gasteiger partial charge in [-0.05, 0) is 10.8 Å². The molecule has 0 radical (unpaired) electrons. The molecule has 0 atom stereocenters. The van der Waals surface area contributed by atoms with Gasteiger partial charge < -0.3 is 24.8 Å². The van der Waals surface area contributed by atoms with Crippen molar-refractivity contribution in [3.8, 4) is 0 Å². The van der Waals surface area contributed by atoms with E-state index < -0.39 is 0 Å². The van der Waals surface area contributed by atoms with Gasteiger partial charge in [0.25, 0.3) is 0 Å². The molecule has 6 aromatic carbocycles. The fourth-order valence-corrected chi connectivity index (χ4v) is 6.03. The van der Waals surface area contributed by atoms with Gasteiger partial charge in [-0.25, -0.2) is 6.07 Å². The molecule has 0 aliphatic rings. The summed E-state index contributed by atoms with van der Waals surface area (Å²) in [6, 6.07) is 45.8. The summed E-state index contributed by atoms with van der Waals surface area (Å²) in [5.41, 5.74) is 7.62. The van der Waals surface area contributed by atoms with Crippen molar-refractivity contribution >= 4 is 24.8 Å². The van der Waals surface area contributed by atoms with Crippen molar-refractivity contribution in [3.63, 3.8) is 0 Å².